The molecule has 2 N–H and O–H groups in total. The maximum atomic E-state index is 13.1. The second-order valence-corrected chi connectivity index (χ2v) is 4.93. The molecule has 1 aliphatic heterocycles. The number of carbonyl (C=O) groups excluding carboxylic acids is 2. The van der Waals surface area contributed by atoms with Crippen molar-refractivity contribution >= 4 is 17.5 Å². The zero-order valence-corrected chi connectivity index (χ0v) is 11.8. The number of amides is 2. The monoisotopic (exact) mass is 318 g/mol. The molecule has 2 aromatic rings. The number of benzene rings is 2. The maximum Gasteiger partial charge on any atom is 0.267 e. The van der Waals surface area contributed by atoms with Crippen LogP contribution in [0.25, 0.3) is 0 Å². The average Bonchev–Trinajstić information content (AvgIpc) is 2.55. The summed E-state index contributed by atoms with van der Waals surface area (Å²) >= 11 is 0. The lowest BCUT2D eigenvalue weighted by atomic mass is 10.2. The van der Waals surface area contributed by atoms with Gasteiger partial charge < -0.3 is 15.4 Å². The third-order valence-electron chi connectivity index (χ3n) is 3.34. The summed E-state index contributed by atoms with van der Waals surface area (Å²) in [6, 6.07) is 9.72. The molecule has 118 valence electrons. The summed E-state index contributed by atoms with van der Waals surface area (Å²) in [6.07, 6.45) is -0.904. The van der Waals surface area contributed by atoms with Crippen molar-refractivity contribution in [1.82, 2.24) is 5.32 Å². The number of ether oxygens (including phenoxy) is 1. The number of para-hydroxylation sites is 2. The molecule has 2 aromatic carbocycles. The highest BCUT2D eigenvalue weighted by molar-refractivity contribution is 5.99. The summed E-state index contributed by atoms with van der Waals surface area (Å²) < 4.78 is 31.5. The zero-order valence-electron chi connectivity index (χ0n) is 11.8. The second-order valence-electron chi connectivity index (χ2n) is 4.93. The lowest BCUT2D eigenvalue weighted by Crippen LogP contribution is -2.45. The van der Waals surface area contributed by atoms with Crippen LogP contribution < -0.4 is 15.4 Å². The molecule has 23 heavy (non-hydrogen) atoms. The molecule has 0 aliphatic carbocycles. The van der Waals surface area contributed by atoms with E-state index in [9.17, 15) is 18.4 Å². The van der Waals surface area contributed by atoms with E-state index in [2.05, 4.69) is 10.6 Å². The minimum atomic E-state index is -1.11. The van der Waals surface area contributed by atoms with Crippen LogP contribution in [0.3, 0.4) is 0 Å². The SMILES string of the molecule is O=C(NCC1Oc2ccccc2NC1=O)c1ccc(F)c(F)c1. The van der Waals surface area contributed by atoms with E-state index in [-0.39, 0.29) is 12.1 Å². The molecule has 5 nitrogen and oxygen atoms in total. The lowest BCUT2D eigenvalue weighted by Gasteiger charge is -2.25. The highest BCUT2D eigenvalue weighted by atomic mass is 19.2. The van der Waals surface area contributed by atoms with Gasteiger partial charge in [0.1, 0.15) is 5.75 Å². The van der Waals surface area contributed by atoms with Gasteiger partial charge in [-0.3, -0.25) is 9.59 Å². The number of nitrogens with one attached hydrogen (secondary N) is 2. The van der Waals surface area contributed by atoms with Crippen LogP contribution in [0.2, 0.25) is 0 Å². The van der Waals surface area contributed by atoms with Crippen LogP contribution in [0.15, 0.2) is 42.5 Å². The fourth-order valence-corrected chi connectivity index (χ4v) is 2.15. The van der Waals surface area contributed by atoms with E-state index in [1.54, 1.807) is 24.3 Å². The molecule has 0 radical (unpaired) electrons. The third-order valence-corrected chi connectivity index (χ3v) is 3.34. The van der Waals surface area contributed by atoms with Gasteiger partial charge in [0.15, 0.2) is 17.7 Å². The van der Waals surface area contributed by atoms with Gasteiger partial charge in [0.05, 0.1) is 12.2 Å². The lowest BCUT2D eigenvalue weighted by molar-refractivity contribution is -0.123. The highest BCUT2D eigenvalue weighted by Gasteiger charge is 2.27. The molecule has 1 atom stereocenters. The number of carbonyl (C=O) groups is 2. The fourth-order valence-electron chi connectivity index (χ4n) is 2.15. The Hall–Kier alpha value is -2.96. The summed E-state index contributed by atoms with van der Waals surface area (Å²) in [6.45, 7) is -0.0992. The molecule has 0 saturated carbocycles. The number of fused-ring (bicyclic) bond motifs is 1. The first-order chi connectivity index (χ1) is 11.0. The molecule has 0 bridgehead atoms. The molecule has 0 saturated heterocycles. The minimum absolute atomic E-state index is 0.0412. The second kappa shape index (κ2) is 6.04. The molecule has 7 heteroatoms. The molecule has 1 aliphatic rings. The molecule has 0 spiro atoms. The fraction of sp³-hybridized carbons (Fsp3) is 0.125. The summed E-state index contributed by atoms with van der Waals surface area (Å²) in [5, 5.41) is 5.13. The van der Waals surface area contributed by atoms with E-state index >= 15 is 0 Å². The molecule has 0 aromatic heterocycles. The minimum Gasteiger partial charge on any atom is -0.477 e. The van der Waals surface area contributed by atoms with Gasteiger partial charge in [-0.25, -0.2) is 8.78 Å². The molecular formula is C16H12F2N2O3. The molecule has 1 heterocycles. The van der Waals surface area contributed by atoms with E-state index in [0.29, 0.717) is 11.4 Å². The maximum absolute atomic E-state index is 13.1. The van der Waals surface area contributed by atoms with Crippen molar-refractivity contribution in [3.8, 4) is 5.75 Å². The number of hydrogen-bond donors (Lipinski definition) is 2. The first kappa shape index (κ1) is 15.0. The van der Waals surface area contributed by atoms with Crippen molar-refractivity contribution in [3.05, 3.63) is 59.7 Å². The average molecular weight is 318 g/mol. The van der Waals surface area contributed by atoms with Crippen LogP contribution in [0, 0.1) is 11.6 Å². The van der Waals surface area contributed by atoms with Gasteiger partial charge in [-0.1, -0.05) is 12.1 Å². The molecule has 2 amide bonds. The highest BCUT2D eigenvalue weighted by Crippen LogP contribution is 2.28. The van der Waals surface area contributed by atoms with Gasteiger partial charge in [-0.05, 0) is 30.3 Å². The predicted molar refractivity (Wildman–Crippen MR) is 78.2 cm³/mol. The van der Waals surface area contributed by atoms with E-state index in [4.69, 9.17) is 4.74 Å². The van der Waals surface area contributed by atoms with Crippen LogP contribution in [0.5, 0.6) is 5.75 Å². The number of halogens is 2. The third kappa shape index (κ3) is 3.13. The van der Waals surface area contributed by atoms with E-state index < -0.39 is 29.6 Å². The van der Waals surface area contributed by atoms with Gasteiger partial charge in [0.2, 0.25) is 0 Å². The first-order valence-electron chi connectivity index (χ1n) is 6.84. The van der Waals surface area contributed by atoms with Gasteiger partial charge in [-0.2, -0.15) is 0 Å². The van der Waals surface area contributed by atoms with Crippen LogP contribution >= 0.6 is 0 Å². The van der Waals surface area contributed by atoms with Crippen molar-refractivity contribution in [3.63, 3.8) is 0 Å². The van der Waals surface area contributed by atoms with Crippen LogP contribution in [-0.4, -0.2) is 24.5 Å². The summed E-state index contributed by atoms with van der Waals surface area (Å²) in [7, 11) is 0. The van der Waals surface area contributed by atoms with Crippen LogP contribution in [0.4, 0.5) is 14.5 Å². The first-order valence-corrected chi connectivity index (χ1v) is 6.84. The predicted octanol–water partition coefficient (Wildman–Crippen LogP) is 2.09. The van der Waals surface area contributed by atoms with Gasteiger partial charge in [-0.15, -0.1) is 0 Å². The van der Waals surface area contributed by atoms with Gasteiger partial charge in [0.25, 0.3) is 11.8 Å². The van der Waals surface area contributed by atoms with Crippen molar-refractivity contribution in [2.24, 2.45) is 0 Å². The van der Waals surface area contributed by atoms with Crippen LogP contribution in [-0.2, 0) is 4.79 Å². The number of hydrogen-bond acceptors (Lipinski definition) is 3. The van der Waals surface area contributed by atoms with Crippen LogP contribution in [0.1, 0.15) is 10.4 Å². The molecule has 1 unspecified atom stereocenters. The smallest absolute Gasteiger partial charge is 0.267 e. The summed E-state index contributed by atoms with van der Waals surface area (Å²) in [5.74, 6) is -2.67. The van der Waals surface area contributed by atoms with E-state index in [1.807, 2.05) is 0 Å². The standard InChI is InChI=1S/C16H12F2N2O3/c17-10-6-5-9(7-11(10)18)15(21)19-8-14-16(22)20-12-3-1-2-4-13(12)23-14/h1-7,14H,8H2,(H,19,21)(H,20,22). The Kier molecular flexibility index (Phi) is 3.92. The van der Waals surface area contributed by atoms with E-state index in [1.165, 1.54) is 0 Å². The topological polar surface area (TPSA) is 67.4 Å². The van der Waals surface area contributed by atoms with Crippen molar-refractivity contribution in [2.45, 2.75) is 6.10 Å². The van der Waals surface area contributed by atoms with Crippen molar-refractivity contribution in [1.29, 1.82) is 0 Å². The molecule has 3 rings (SSSR count). The number of anilines is 1. The summed E-state index contributed by atoms with van der Waals surface area (Å²) in [4.78, 5) is 23.8. The molecular weight excluding hydrogens is 306 g/mol. The Morgan fingerprint density at radius 1 is 1.17 bits per heavy atom. The Labute approximate surface area is 130 Å². The largest absolute Gasteiger partial charge is 0.477 e. The Bertz CT molecular complexity index is 780. The van der Waals surface area contributed by atoms with Crippen molar-refractivity contribution in [2.75, 3.05) is 11.9 Å². The number of rotatable bonds is 3. The quantitative estimate of drug-likeness (QED) is 0.911. The Balaban J connectivity index is 1.65. The van der Waals surface area contributed by atoms with E-state index in [0.717, 1.165) is 18.2 Å². The summed E-state index contributed by atoms with van der Waals surface area (Å²) in [5.41, 5.74) is 0.515. The Morgan fingerprint density at radius 3 is 2.74 bits per heavy atom. The normalized spacial score (nSPS) is 16.1. The Morgan fingerprint density at radius 2 is 1.96 bits per heavy atom. The van der Waals surface area contributed by atoms with Gasteiger partial charge in [0, 0.05) is 5.56 Å². The molecule has 0 fully saturated rings. The van der Waals surface area contributed by atoms with Gasteiger partial charge >= 0.3 is 0 Å². The van der Waals surface area contributed by atoms with Crippen molar-refractivity contribution < 1.29 is 23.1 Å². The zero-order chi connectivity index (χ0) is 16.4.